The van der Waals surface area contributed by atoms with Gasteiger partial charge in [0.1, 0.15) is 12.1 Å². The summed E-state index contributed by atoms with van der Waals surface area (Å²) in [7, 11) is 0. The average molecular weight is 473 g/mol. The Kier molecular flexibility index (Phi) is 9.87. The van der Waals surface area contributed by atoms with Gasteiger partial charge in [-0.2, -0.15) is 0 Å². The zero-order chi connectivity index (χ0) is 25.3. The topological polar surface area (TPSA) is 208 Å². The summed E-state index contributed by atoms with van der Waals surface area (Å²) in [6.07, 6.45) is 3.43. The highest BCUT2D eigenvalue weighted by molar-refractivity contribution is 5.93. The van der Waals surface area contributed by atoms with E-state index in [9.17, 15) is 14.4 Å². The van der Waals surface area contributed by atoms with E-state index in [-0.39, 0.29) is 31.3 Å². The Morgan fingerprint density at radius 2 is 1.79 bits per heavy atom. The number of primary amides is 1. The molecule has 1 aromatic carbocycles. The predicted molar refractivity (Wildman–Crippen MR) is 132 cm³/mol. The van der Waals surface area contributed by atoms with Gasteiger partial charge >= 0.3 is 0 Å². The predicted octanol–water partition coefficient (Wildman–Crippen LogP) is -0.408. The highest BCUT2D eigenvalue weighted by Gasteiger charge is 2.29. The zero-order valence-electron chi connectivity index (χ0n) is 19.7. The number of para-hydroxylation sites is 1. The van der Waals surface area contributed by atoms with Crippen LogP contribution in [0.5, 0.6) is 0 Å². The van der Waals surface area contributed by atoms with Gasteiger partial charge in [-0.15, -0.1) is 0 Å². The van der Waals surface area contributed by atoms with E-state index in [0.717, 1.165) is 16.5 Å². The minimum absolute atomic E-state index is 0.0589. The number of fused-ring (bicyclic) bond motifs is 1. The molecule has 0 saturated heterocycles. The molecule has 1 aromatic heterocycles. The van der Waals surface area contributed by atoms with E-state index < -0.39 is 35.8 Å². The van der Waals surface area contributed by atoms with Crippen LogP contribution in [0.3, 0.4) is 0 Å². The zero-order valence-corrected chi connectivity index (χ0v) is 19.7. The molecule has 4 atom stereocenters. The number of nitrogens with zero attached hydrogens (tertiary/aromatic N) is 1. The quantitative estimate of drug-likeness (QED) is 0.117. The fourth-order valence-electron chi connectivity index (χ4n) is 3.66. The number of rotatable bonds is 13. The number of nitrogens with one attached hydrogen (secondary N) is 3. The first kappa shape index (κ1) is 26.7. The molecule has 0 fully saturated rings. The Labute approximate surface area is 199 Å². The first-order valence-corrected chi connectivity index (χ1v) is 11.4. The molecule has 0 aliphatic rings. The molecule has 0 spiro atoms. The molecule has 0 aliphatic carbocycles. The summed E-state index contributed by atoms with van der Waals surface area (Å²) in [5.74, 6) is -1.85. The number of carbonyl (C=O) groups is 3. The summed E-state index contributed by atoms with van der Waals surface area (Å²) in [6, 6.07) is 5.05. The van der Waals surface area contributed by atoms with Crippen LogP contribution in [0.15, 0.2) is 35.5 Å². The summed E-state index contributed by atoms with van der Waals surface area (Å²) in [5.41, 5.74) is 24.2. The lowest BCUT2D eigenvalue weighted by molar-refractivity contribution is -0.132. The molecular weight excluding hydrogens is 436 g/mol. The molecule has 2 rings (SSSR count). The Hall–Kier alpha value is -3.60. The molecule has 3 amide bonds. The second-order valence-electron chi connectivity index (χ2n) is 8.45. The van der Waals surface area contributed by atoms with E-state index in [0.29, 0.717) is 12.8 Å². The SMILES string of the molecule is CC[C@H](C)[C@H](NC(=O)[C@H](CCCN=C(N)N)NC(=O)[C@@H](N)Cc1c[nH]c2ccccc12)C(N)=O. The Bertz CT molecular complexity index is 1010. The summed E-state index contributed by atoms with van der Waals surface area (Å²) < 4.78 is 0. The van der Waals surface area contributed by atoms with Crippen LogP contribution in [-0.2, 0) is 20.8 Å². The van der Waals surface area contributed by atoms with E-state index in [4.69, 9.17) is 22.9 Å². The number of amides is 3. The minimum atomic E-state index is -0.929. The van der Waals surface area contributed by atoms with Gasteiger partial charge in [-0.25, -0.2) is 0 Å². The van der Waals surface area contributed by atoms with Crippen molar-refractivity contribution in [2.24, 2.45) is 33.8 Å². The van der Waals surface area contributed by atoms with E-state index in [1.807, 2.05) is 44.3 Å². The van der Waals surface area contributed by atoms with Crippen molar-refractivity contribution >= 4 is 34.6 Å². The van der Waals surface area contributed by atoms with Gasteiger partial charge in [0.15, 0.2) is 5.96 Å². The van der Waals surface area contributed by atoms with Gasteiger partial charge in [0.25, 0.3) is 0 Å². The third kappa shape index (κ3) is 7.48. The van der Waals surface area contributed by atoms with Gasteiger partial charge < -0.3 is 38.6 Å². The van der Waals surface area contributed by atoms with Crippen molar-refractivity contribution in [3.63, 3.8) is 0 Å². The van der Waals surface area contributed by atoms with Crippen LogP contribution in [0.4, 0.5) is 0 Å². The summed E-state index contributed by atoms with van der Waals surface area (Å²) in [5, 5.41) is 6.37. The number of aromatic amines is 1. The van der Waals surface area contributed by atoms with Crippen LogP contribution in [0, 0.1) is 5.92 Å². The van der Waals surface area contributed by atoms with Crippen molar-refractivity contribution in [2.75, 3.05) is 6.54 Å². The minimum Gasteiger partial charge on any atom is -0.370 e. The van der Waals surface area contributed by atoms with Crippen molar-refractivity contribution < 1.29 is 14.4 Å². The van der Waals surface area contributed by atoms with Crippen LogP contribution in [0.1, 0.15) is 38.7 Å². The van der Waals surface area contributed by atoms with Gasteiger partial charge in [0, 0.05) is 23.6 Å². The van der Waals surface area contributed by atoms with Crippen molar-refractivity contribution in [3.05, 3.63) is 36.0 Å². The molecule has 2 aromatic rings. The number of carbonyl (C=O) groups excluding carboxylic acids is 3. The molecule has 1 heterocycles. The maximum absolute atomic E-state index is 13.0. The fourth-order valence-corrected chi connectivity index (χ4v) is 3.66. The molecular formula is C23H36N8O3. The van der Waals surface area contributed by atoms with Crippen LogP contribution in [0.2, 0.25) is 0 Å². The van der Waals surface area contributed by atoms with E-state index in [2.05, 4.69) is 20.6 Å². The summed E-state index contributed by atoms with van der Waals surface area (Å²) in [6.45, 7) is 4.00. The normalized spacial score (nSPS) is 14.6. The lowest BCUT2D eigenvalue weighted by Gasteiger charge is -2.25. The number of guanidine groups is 1. The second kappa shape index (κ2) is 12.6. The third-order valence-electron chi connectivity index (χ3n) is 5.85. The van der Waals surface area contributed by atoms with Crippen molar-refractivity contribution in [3.8, 4) is 0 Å². The van der Waals surface area contributed by atoms with Crippen LogP contribution >= 0.6 is 0 Å². The second-order valence-corrected chi connectivity index (χ2v) is 8.45. The lowest BCUT2D eigenvalue weighted by Crippen LogP contribution is -2.56. The van der Waals surface area contributed by atoms with Crippen LogP contribution in [0.25, 0.3) is 10.9 Å². The maximum atomic E-state index is 13.0. The first-order valence-electron chi connectivity index (χ1n) is 11.4. The number of aliphatic imine (C=N–C) groups is 1. The number of H-pyrrole nitrogens is 1. The van der Waals surface area contributed by atoms with E-state index >= 15 is 0 Å². The molecule has 0 aliphatic heterocycles. The number of hydrogen-bond acceptors (Lipinski definition) is 5. The average Bonchev–Trinajstić information content (AvgIpc) is 3.20. The third-order valence-corrected chi connectivity index (χ3v) is 5.85. The van der Waals surface area contributed by atoms with E-state index in [1.54, 1.807) is 0 Å². The Morgan fingerprint density at radius 3 is 2.44 bits per heavy atom. The molecule has 0 bridgehead atoms. The van der Waals surface area contributed by atoms with Crippen LogP contribution < -0.4 is 33.6 Å². The summed E-state index contributed by atoms with van der Waals surface area (Å²) in [4.78, 5) is 44.8. The number of nitrogens with two attached hydrogens (primary N) is 4. The molecule has 0 saturated carbocycles. The monoisotopic (exact) mass is 472 g/mol. The molecule has 11 heteroatoms. The van der Waals surface area contributed by atoms with Gasteiger partial charge in [-0.1, -0.05) is 38.5 Å². The highest BCUT2D eigenvalue weighted by Crippen LogP contribution is 2.19. The standard InChI is InChI=1S/C23H36N8O3/c1-3-13(2)19(20(25)32)31-22(34)18(9-6-10-28-23(26)27)30-21(33)16(24)11-14-12-29-17-8-5-4-7-15(14)17/h4-5,7-8,12-13,16,18-19,29H,3,6,9-11,24H2,1-2H3,(H2,25,32)(H,30,33)(H,31,34)(H4,26,27,28)/t13-,16-,18-,19-/m0/s1. The van der Waals surface area contributed by atoms with Gasteiger partial charge in [0.05, 0.1) is 6.04 Å². The highest BCUT2D eigenvalue weighted by atomic mass is 16.2. The van der Waals surface area contributed by atoms with Crippen molar-refractivity contribution in [1.29, 1.82) is 0 Å². The Morgan fingerprint density at radius 1 is 1.09 bits per heavy atom. The molecule has 34 heavy (non-hydrogen) atoms. The smallest absolute Gasteiger partial charge is 0.243 e. The van der Waals surface area contributed by atoms with Gasteiger partial charge in [0.2, 0.25) is 17.7 Å². The molecule has 11 N–H and O–H groups in total. The first-order chi connectivity index (χ1) is 16.1. The molecule has 186 valence electrons. The molecule has 11 nitrogen and oxygen atoms in total. The molecule has 0 unspecified atom stereocenters. The largest absolute Gasteiger partial charge is 0.370 e. The number of benzene rings is 1. The van der Waals surface area contributed by atoms with Crippen molar-refractivity contribution in [2.45, 2.75) is 57.7 Å². The maximum Gasteiger partial charge on any atom is 0.243 e. The van der Waals surface area contributed by atoms with Gasteiger partial charge in [-0.3, -0.25) is 19.4 Å². The van der Waals surface area contributed by atoms with Crippen LogP contribution in [-0.4, -0.2) is 53.3 Å². The lowest BCUT2D eigenvalue weighted by atomic mass is 9.97. The summed E-state index contributed by atoms with van der Waals surface area (Å²) >= 11 is 0. The van der Waals surface area contributed by atoms with Crippen molar-refractivity contribution in [1.82, 2.24) is 15.6 Å². The number of aromatic nitrogens is 1. The molecule has 0 radical (unpaired) electrons. The number of hydrogen-bond donors (Lipinski definition) is 7. The van der Waals surface area contributed by atoms with Gasteiger partial charge in [-0.05, 0) is 36.8 Å². The fraction of sp³-hybridized carbons (Fsp3) is 0.478. The van der Waals surface area contributed by atoms with E-state index in [1.165, 1.54) is 0 Å². The Balaban J connectivity index is 2.10.